The Bertz CT molecular complexity index is 872. The highest BCUT2D eigenvalue weighted by Crippen LogP contribution is 2.28. The highest BCUT2D eigenvalue weighted by atomic mass is 35.5. The molecule has 0 N–H and O–H groups in total. The maximum Gasteiger partial charge on any atom is 0.258 e. The van der Waals surface area contributed by atoms with Crippen molar-refractivity contribution in [3.63, 3.8) is 0 Å². The largest absolute Gasteiger partial charge is 0.496 e. The van der Waals surface area contributed by atoms with Gasteiger partial charge in [-0.2, -0.15) is 0 Å². The van der Waals surface area contributed by atoms with Gasteiger partial charge in [0.25, 0.3) is 5.91 Å². The van der Waals surface area contributed by atoms with Crippen molar-refractivity contribution in [3.8, 4) is 5.75 Å². The second-order valence-corrected chi connectivity index (χ2v) is 7.26. The summed E-state index contributed by atoms with van der Waals surface area (Å²) in [6.45, 7) is 0.841. The van der Waals surface area contributed by atoms with Crippen LogP contribution in [0.5, 0.6) is 5.75 Å². The molecule has 0 aliphatic carbocycles. The average Bonchev–Trinajstić information content (AvgIpc) is 3.18. The summed E-state index contributed by atoms with van der Waals surface area (Å²) in [5.41, 5.74) is 1.17. The Balaban J connectivity index is 1.76. The molecule has 2 amide bonds. The molecule has 0 spiro atoms. The lowest BCUT2D eigenvalue weighted by Crippen LogP contribution is -2.46. The second-order valence-electron chi connectivity index (χ2n) is 6.82. The van der Waals surface area contributed by atoms with Crippen LogP contribution in [0.3, 0.4) is 0 Å². The molecular weight excluding hydrogens is 383 g/mol. The van der Waals surface area contributed by atoms with Gasteiger partial charge in [0.05, 0.1) is 12.7 Å². The first-order valence-electron chi connectivity index (χ1n) is 9.04. The Kier molecular flexibility index (Phi) is 6.19. The SMILES string of the molecule is COc1ccc(Cl)cc1C(=O)N1CCCC1C(=O)N(C)Cc1ccc(F)cc1. The third-order valence-corrected chi connectivity index (χ3v) is 5.13. The van der Waals surface area contributed by atoms with Crippen LogP contribution in [0, 0.1) is 5.82 Å². The maximum absolute atomic E-state index is 13.1. The minimum atomic E-state index is -0.540. The molecule has 2 aromatic rings. The number of likely N-dealkylation sites (tertiary alicyclic amines) is 1. The Morgan fingerprint density at radius 1 is 1.25 bits per heavy atom. The standard InChI is InChI=1S/C21H22ClFN2O3/c1-24(13-14-5-8-16(23)9-6-14)21(27)18-4-3-11-25(18)20(26)17-12-15(22)7-10-19(17)28-2/h5-10,12,18H,3-4,11,13H2,1-2H3. The predicted molar refractivity (Wildman–Crippen MR) is 105 cm³/mol. The highest BCUT2D eigenvalue weighted by Gasteiger charge is 2.37. The Hall–Kier alpha value is -2.60. The Morgan fingerprint density at radius 3 is 2.64 bits per heavy atom. The van der Waals surface area contributed by atoms with E-state index in [2.05, 4.69) is 0 Å². The zero-order chi connectivity index (χ0) is 20.3. The van der Waals surface area contributed by atoms with Gasteiger partial charge >= 0.3 is 0 Å². The number of rotatable bonds is 5. The highest BCUT2D eigenvalue weighted by molar-refractivity contribution is 6.31. The van der Waals surface area contributed by atoms with Gasteiger partial charge in [0.1, 0.15) is 17.6 Å². The number of hydrogen-bond acceptors (Lipinski definition) is 3. The molecule has 2 aromatic carbocycles. The van der Waals surface area contributed by atoms with Crippen molar-refractivity contribution in [1.29, 1.82) is 0 Å². The molecular formula is C21H22ClFN2O3. The van der Waals surface area contributed by atoms with E-state index in [1.54, 1.807) is 47.2 Å². The molecule has 1 atom stereocenters. The third-order valence-electron chi connectivity index (χ3n) is 4.90. The van der Waals surface area contributed by atoms with Crippen molar-refractivity contribution in [2.75, 3.05) is 20.7 Å². The minimum absolute atomic E-state index is 0.142. The van der Waals surface area contributed by atoms with Crippen LogP contribution in [0.25, 0.3) is 0 Å². The first kappa shape index (κ1) is 20.1. The molecule has 3 rings (SSSR count). The Labute approximate surface area is 168 Å². The van der Waals surface area contributed by atoms with Gasteiger partial charge in [0, 0.05) is 25.2 Å². The van der Waals surface area contributed by atoms with Crippen LogP contribution in [0.4, 0.5) is 4.39 Å². The molecule has 1 saturated heterocycles. The molecule has 1 aliphatic rings. The third kappa shape index (κ3) is 4.28. The average molecular weight is 405 g/mol. The zero-order valence-electron chi connectivity index (χ0n) is 15.8. The first-order valence-corrected chi connectivity index (χ1v) is 9.42. The number of methoxy groups -OCH3 is 1. The number of carbonyl (C=O) groups excluding carboxylic acids is 2. The molecule has 1 aliphatic heterocycles. The van der Waals surface area contributed by atoms with E-state index in [9.17, 15) is 14.0 Å². The van der Waals surface area contributed by atoms with E-state index in [0.717, 1.165) is 12.0 Å². The number of benzene rings is 2. The molecule has 0 radical (unpaired) electrons. The topological polar surface area (TPSA) is 49.9 Å². The smallest absolute Gasteiger partial charge is 0.258 e. The molecule has 0 aromatic heterocycles. The van der Waals surface area contributed by atoms with Crippen molar-refractivity contribution in [3.05, 3.63) is 64.4 Å². The maximum atomic E-state index is 13.1. The molecule has 28 heavy (non-hydrogen) atoms. The van der Waals surface area contributed by atoms with Crippen LogP contribution in [0.2, 0.25) is 5.02 Å². The van der Waals surface area contributed by atoms with Gasteiger partial charge < -0.3 is 14.5 Å². The van der Waals surface area contributed by atoms with Crippen molar-refractivity contribution in [2.45, 2.75) is 25.4 Å². The van der Waals surface area contributed by atoms with Crippen molar-refractivity contribution in [1.82, 2.24) is 9.80 Å². The van der Waals surface area contributed by atoms with Gasteiger partial charge in [-0.1, -0.05) is 23.7 Å². The molecule has 1 heterocycles. The fourth-order valence-corrected chi connectivity index (χ4v) is 3.64. The predicted octanol–water partition coefficient (Wildman–Crippen LogP) is 3.75. The van der Waals surface area contributed by atoms with E-state index in [-0.39, 0.29) is 17.6 Å². The van der Waals surface area contributed by atoms with Crippen LogP contribution in [-0.4, -0.2) is 48.4 Å². The molecule has 148 valence electrons. The molecule has 0 saturated carbocycles. The summed E-state index contributed by atoms with van der Waals surface area (Å²) < 4.78 is 18.4. The summed E-state index contributed by atoms with van der Waals surface area (Å²) >= 11 is 6.05. The van der Waals surface area contributed by atoms with Gasteiger partial charge in [-0.15, -0.1) is 0 Å². The normalized spacial score (nSPS) is 16.1. The monoisotopic (exact) mass is 404 g/mol. The fraction of sp³-hybridized carbons (Fsp3) is 0.333. The van der Waals surface area contributed by atoms with Crippen LogP contribution in [0.15, 0.2) is 42.5 Å². The Morgan fingerprint density at radius 2 is 1.96 bits per heavy atom. The van der Waals surface area contributed by atoms with Crippen LogP contribution in [-0.2, 0) is 11.3 Å². The summed E-state index contributed by atoms with van der Waals surface area (Å²) in [4.78, 5) is 29.2. The van der Waals surface area contributed by atoms with E-state index in [1.807, 2.05) is 0 Å². The van der Waals surface area contributed by atoms with Crippen molar-refractivity contribution < 1.29 is 18.7 Å². The number of carbonyl (C=O) groups is 2. The summed E-state index contributed by atoms with van der Waals surface area (Å²) in [5, 5.41) is 0.430. The number of halogens is 2. The molecule has 1 fully saturated rings. The van der Waals surface area contributed by atoms with Gasteiger partial charge in [-0.25, -0.2) is 4.39 Å². The lowest BCUT2D eigenvalue weighted by Gasteiger charge is -2.28. The van der Waals surface area contributed by atoms with Gasteiger partial charge in [-0.3, -0.25) is 9.59 Å². The molecule has 5 nitrogen and oxygen atoms in total. The van der Waals surface area contributed by atoms with E-state index in [4.69, 9.17) is 16.3 Å². The second kappa shape index (κ2) is 8.61. The molecule has 1 unspecified atom stereocenters. The van der Waals surface area contributed by atoms with Crippen molar-refractivity contribution in [2.24, 2.45) is 0 Å². The van der Waals surface area contributed by atoms with E-state index in [1.165, 1.54) is 19.2 Å². The zero-order valence-corrected chi connectivity index (χ0v) is 16.6. The van der Waals surface area contributed by atoms with Crippen LogP contribution >= 0.6 is 11.6 Å². The van der Waals surface area contributed by atoms with Gasteiger partial charge in [-0.05, 0) is 48.7 Å². The number of ether oxygens (including phenoxy) is 1. The van der Waals surface area contributed by atoms with E-state index < -0.39 is 6.04 Å². The van der Waals surface area contributed by atoms with E-state index >= 15 is 0 Å². The molecule has 7 heteroatoms. The summed E-state index contributed by atoms with van der Waals surface area (Å²) in [7, 11) is 3.18. The summed E-state index contributed by atoms with van der Waals surface area (Å²) in [5.74, 6) is -0.311. The number of hydrogen-bond donors (Lipinski definition) is 0. The van der Waals surface area contributed by atoms with Crippen LogP contribution < -0.4 is 4.74 Å². The number of nitrogens with zero attached hydrogens (tertiary/aromatic N) is 2. The number of amides is 2. The number of likely N-dealkylation sites (N-methyl/N-ethyl adjacent to an activating group) is 1. The lowest BCUT2D eigenvalue weighted by atomic mass is 10.1. The minimum Gasteiger partial charge on any atom is -0.496 e. The van der Waals surface area contributed by atoms with Gasteiger partial charge in [0.15, 0.2) is 0 Å². The van der Waals surface area contributed by atoms with Gasteiger partial charge in [0.2, 0.25) is 5.91 Å². The first-order chi connectivity index (χ1) is 13.4. The summed E-state index contributed by atoms with van der Waals surface area (Å²) in [6, 6.07) is 10.3. The summed E-state index contributed by atoms with van der Waals surface area (Å²) in [6.07, 6.45) is 1.34. The van der Waals surface area contributed by atoms with Crippen LogP contribution in [0.1, 0.15) is 28.8 Å². The van der Waals surface area contributed by atoms with E-state index in [0.29, 0.717) is 35.8 Å². The quantitative estimate of drug-likeness (QED) is 0.762. The molecule has 0 bridgehead atoms. The fourth-order valence-electron chi connectivity index (χ4n) is 3.46. The lowest BCUT2D eigenvalue weighted by molar-refractivity contribution is -0.134. The van der Waals surface area contributed by atoms with Crippen molar-refractivity contribution >= 4 is 23.4 Å².